The van der Waals surface area contributed by atoms with Crippen LogP contribution in [0.5, 0.6) is 0 Å². The number of nitrogens with two attached hydrogens (primary N) is 1. The number of nitrogen functional groups attached to an aromatic ring is 1. The van der Waals surface area contributed by atoms with Gasteiger partial charge in [0.2, 0.25) is 0 Å². The van der Waals surface area contributed by atoms with Crippen molar-refractivity contribution in [3.8, 4) is 11.3 Å². The van der Waals surface area contributed by atoms with Crippen molar-refractivity contribution in [2.45, 2.75) is 0 Å². The van der Waals surface area contributed by atoms with Crippen molar-refractivity contribution in [3.05, 3.63) is 35.5 Å². The van der Waals surface area contributed by atoms with Gasteiger partial charge in [-0.1, -0.05) is 0 Å². The molecular weight excluding hydrogens is 244 g/mol. The normalized spacial score (nSPS) is 10.1. The molecule has 2 N–H and O–H groups in total. The molecule has 0 aliphatic carbocycles. The van der Waals surface area contributed by atoms with Crippen molar-refractivity contribution in [1.29, 1.82) is 0 Å². The van der Waals surface area contributed by atoms with E-state index in [4.69, 9.17) is 5.73 Å². The third-order valence-corrected chi connectivity index (χ3v) is 2.43. The Balaban J connectivity index is 2.48. The van der Waals surface area contributed by atoms with Gasteiger partial charge in [-0.2, -0.15) is 0 Å². The first-order valence-corrected chi connectivity index (χ1v) is 4.73. The number of pyridine rings is 1. The summed E-state index contributed by atoms with van der Waals surface area (Å²) in [6, 6.07) is 1.84. The summed E-state index contributed by atoms with van der Waals surface area (Å²) in [4.78, 5) is 12.0. The van der Waals surface area contributed by atoms with E-state index in [2.05, 4.69) is 30.9 Å². The SMILES string of the molecule is Nc1cnc(-c2cncnc2)cc1Br. The highest BCUT2D eigenvalue weighted by Gasteiger charge is 2.02. The Morgan fingerprint density at radius 2 is 1.86 bits per heavy atom. The van der Waals surface area contributed by atoms with Gasteiger partial charge in [0.15, 0.2) is 0 Å². The van der Waals surface area contributed by atoms with Gasteiger partial charge in [0.1, 0.15) is 6.33 Å². The Morgan fingerprint density at radius 1 is 1.14 bits per heavy atom. The molecule has 14 heavy (non-hydrogen) atoms. The summed E-state index contributed by atoms with van der Waals surface area (Å²) in [5, 5.41) is 0. The molecule has 0 aromatic carbocycles. The van der Waals surface area contributed by atoms with Gasteiger partial charge in [-0.3, -0.25) is 4.98 Å². The van der Waals surface area contributed by atoms with Crippen LogP contribution >= 0.6 is 15.9 Å². The lowest BCUT2D eigenvalue weighted by molar-refractivity contribution is 1.16. The zero-order valence-corrected chi connectivity index (χ0v) is 8.77. The van der Waals surface area contributed by atoms with E-state index in [-0.39, 0.29) is 0 Å². The van der Waals surface area contributed by atoms with Gasteiger partial charge >= 0.3 is 0 Å². The predicted octanol–water partition coefficient (Wildman–Crippen LogP) is 1.88. The average molecular weight is 251 g/mol. The van der Waals surface area contributed by atoms with Crippen LogP contribution in [0.15, 0.2) is 35.5 Å². The van der Waals surface area contributed by atoms with Crippen LogP contribution in [0.3, 0.4) is 0 Å². The van der Waals surface area contributed by atoms with Crippen molar-refractivity contribution in [3.63, 3.8) is 0 Å². The summed E-state index contributed by atoms with van der Waals surface area (Å²) in [5.41, 5.74) is 7.91. The number of anilines is 1. The Kier molecular flexibility index (Phi) is 2.41. The van der Waals surface area contributed by atoms with Crippen LogP contribution in [-0.2, 0) is 0 Å². The molecule has 0 bridgehead atoms. The second-order valence-electron chi connectivity index (χ2n) is 2.72. The van der Waals surface area contributed by atoms with E-state index < -0.39 is 0 Å². The molecule has 0 unspecified atom stereocenters. The first-order chi connectivity index (χ1) is 6.77. The zero-order valence-electron chi connectivity index (χ0n) is 7.18. The van der Waals surface area contributed by atoms with Gasteiger partial charge in [-0.25, -0.2) is 9.97 Å². The number of rotatable bonds is 1. The molecule has 4 nitrogen and oxygen atoms in total. The van der Waals surface area contributed by atoms with Crippen LogP contribution in [0.25, 0.3) is 11.3 Å². The van der Waals surface area contributed by atoms with E-state index in [1.165, 1.54) is 6.33 Å². The molecule has 0 saturated heterocycles. The number of halogens is 1. The lowest BCUT2D eigenvalue weighted by atomic mass is 10.2. The maximum Gasteiger partial charge on any atom is 0.115 e. The lowest BCUT2D eigenvalue weighted by Crippen LogP contribution is -1.91. The van der Waals surface area contributed by atoms with Crippen LogP contribution < -0.4 is 5.73 Å². The van der Waals surface area contributed by atoms with Crippen LogP contribution in [0.4, 0.5) is 5.69 Å². The van der Waals surface area contributed by atoms with Crippen LogP contribution in [0.1, 0.15) is 0 Å². The molecule has 0 radical (unpaired) electrons. The van der Waals surface area contributed by atoms with Gasteiger partial charge in [-0.15, -0.1) is 0 Å². The fourth-order valence-corrected chi connectivity index (χ4v) is 1.35. The maximum atomic E-state index is 5.63. The van der Waals surface area contributed by atoms with Gasteiger partial charge in [0.25, 0.3) is 0 Å². The monoisotopic (exact) mass is 250 g/mol. The molecule has 5 heteroatoms. The molecule has 2 rings (SSSR count). The molecular formula is C9H7BrN4. The molecule has 0 spiro atoms. The van der Waals surface area contributed by atoms with Crippen molar-refractivity contribution in [2.24, 2.45) is 0 Å². The highest BCUT2D eigenvalue weighted by Crippen LogP contribution is 2.23. The molecule has 0 aliphatic rings. The van der Waals surface area contributed by atoms with Crippen molar-refractivity contribution in [1.82, 2.24) is 15.0 Å². The van der Waals surface area contributed by atoms with E-state index in [0.717, 1.165) is 15.7 Å². The van der Waals surface area contributed by atoms with Gasteiger partial charge in [0, 0.05) is 22.4 Å². The van der Waals surface area contributed by atoms with E-state index in [0.29, 0.717) is 5.69 Å². The number of hydrogen-bond acceptors (Lipinski definition) is 4. The van der Waals surface area contributed by atoms with Crippen LogP contribution in [-0.4, -0.2) is 15.0 Å². The largest absolute Gasteiger partial charge is 0.397 e. The highest BCUT2D eigenvalue weighted by molar-refractivity contribution is 9.10. The van der Waals surface area contributed by atoms with E-state index in [1.807, 2.05) is 6.07 Å². The van der Waals surface area contributed by atoms with Crippen molar-refractivity contribution >= 4 is 21.6 Å². The number of hydrogen-bond donors (Lipinski definition) is 1. The maximum absolute atomic E-state index is 5.63. The van der Waals surface area contributed by atoms with Gasteiger partial charge in [0.05, 0.1) is 17.6 Å². The second kappa shape index (κ2) is 3.71. The Labute approximate surface area is 89.4 Å². The fourth-order valence-electron chi connectivity index (χ4n) is 1.03. The molecule has 70 valence electrons. The van der Waals surface area contributed by atoms with E-state index in [1.54, 1.807) is 18.6 Å². The summed E-state index contributed by atoms with van der Waals surface area (Å²) >= 11 is 3.34. The molecule has 0 aliphatic heterocycles. The third-order valence-electron chi connectivity index (χ3n) is 1.74. The quantitative estimate of drug-likeness (QED) is 0.840. The smallest absolute Gasteiger partial charge is 0.115 e. The summed E-state index contributed by atoms with van der Waals surface area (Å²) < 4.78 is 0.825. The van der Waals surface area contributed by atoms with Gasteiger partial charge in [-0.05, 0) is 22.0 Å². The second-order valence-corrected chi connectivity index (χ2v) is 3.57. The molecule has 0 amide bonds. The minimum Gasteiger partial charge on any atom is -0.397 e. The average Bonchev–Trinajstić information content (AvgIpc) is 2.23. The van der Waals surface area contributed by atoms with Gasteiger partial charge < -0.3 is 5.73 Å². The molecule has 2 aromatic rings. The standard InChI is InChI=1S/C9H7BrN4/c10-7-1-9(14-4-8(7)11)6-2-12-5-13-3-6/h1-5H,11H2. The first-order valence-electron chi connectivity index (χ1n) is 3.94. The topological polar surface area (TPSA) is 64.7 Å². The van der Waals surface area contributed by atoms with Crippen LogP contribution in [0.2, 0.25) is 0 Å². The summed E-state index contributed by atoms with van der Waals surface area (Å²) in [7, 11) is 0. The Bertz CT molecular complexity index is 444. The summed E-state index contributed by atoms with van der Waals surface area (Å²) in [6.45, 7) is 0. The minimum absolute atomic E-state index is 0.616. The first kappa shape index (κ1) is 9.08. The Morgan fingerprint density at radius 3 is 2.50 bits per heavy atom. The van der Waals surface area contributed by atoms with E-state index in [9.17, 15) is 0 Å². The number of aromatic nitrogens is 3. The molecule has 0 fully saturated rings. The Hall–Kier alpha value is -1.49. The summed E-state index contributed by atoms with van der Waals surface area (Å²) in [5.74, 6) is 0. The minimum atomic E-state index is 0.616. The van der Waals surface area contributed by atoms with Crippen molar-refractivity contribution < 1.29 is 0 Å². The van der Waals surface area contributed by atoms with Crippen LogP contribution in [0, 0.1) is 0 Å². The lowest BCUT2D eigenvalue weighted by Gasteiger charge is -2.01. The fraction of sp³-hybridized carbons (Fsp3) is 0. The predicted molar refractivity (Wildman–Crippen MR) is 57.4 cm³/mol. The van der Waals surface area contributed by atoms with E-state index >= 15 is 0 Å². The highest BCUT2D eigenvalue weighted by atomic mass is 79.9. The molecule has 0 saturated carbocycles. The molecule has 2 aromatic heterocycles. The third kappa shape index (κ3) is 1.72. The van der Waals surface area contributed by atoms with Crippen molar-refractivity contribution in [2.75, 3.05) is 5.73 Å². The molecule has 0 atom stereocenters. The summed E-state index contributed by atoms with van der Waals surface area (Å²) in [6.07, 6.45) is 6.50. The number of nitrogens with zero attached hydrogens (tertiary/aromatic N) is 3. The zero-order chi connectivity index (χ0) is 9.97. The molecule has 2 heterocycles.